The van der Waals surface area contributed by atoms with Crippen LogP contribution in [0, 0.1) is 17.0 Å². The van der Waals surface area contributed by atoms with Crippen LogP contribution in [0.2, 0.25) is 0 Å². The number of benzene rings is 3. The maximum absolute atomic E-state index is 11.9. The van der Waals surface area contributed by atoms with Crippen molar-refractivity contribution < 1.29 is 14.5 Å². The van der Waals surface area contributed by atoms with Crippen LogP contribution in [0.1, 0.15) is 27.0 Å². The Morgan fingerprint density at radius 1 is 1.12 bits per heavy atom. The second-order valence-corrected chi connectivity index (χ2v) is 7.41. The minimum Gasteiger partial charge on any atom is -0.465 e. The molecule has 4 rings (SSSR count). The summed E-state index contributed by atoms with van der Waals surface area (Å²) >= 11 is 0. The molecule has 0 saturated heterocycles. The summed E-state index contributed by atoms with van der Waals surface area (Å²) in [5.74, 6) is -0.371. The highest BCUT2D eigenvalue weighted by Gasteiger charge is 2.12. The Labute approximate surface area is 184 Å². The Hall–Kier alpha value is -4.26. The molecule has 1 aromatic heterocycles. The summed E-state index contributed by atoms with van der Waals surface area (Å²) in [6, 6.07) is 20.2. The minimum absolute atomic E-state index is 0.0487. The van der Waals surface area contributed by atoms with Crippen molar-refractivity contribution >= 4 is 34.5 Å². The molecule has 0 bridgehead atoms. The molecule has 4 aromatic rings. The maximum Gasteiger partial charge on any atom is 0.337 e. The predicted octanol–water partition coefficient (Wildman–Crippen LogP) is 5.44. The van der Waals surface area contributed by atoms with Crippen molar-refractivity contribution in [2.75, 3.05) is 7.11 Å². The molecule has 0 atom stereocenters. The third-order valence-corrected chi connectivity index (χ3v) is 5.26. The first kappa shape index (κ1) is 21.0. The van der Waals surface area contributed by atoms with E-state index in [2.05, 4.69) is 9.56 Å². The van der Waals surface area contributed by atoms with Crippen LogP contribution in [-0.2, 0) is 11.3 Å². The number of fused-ring (bicyclic) bond motifs is 1. The van der Waals surface area contributed by atoms with Crippen molar-refractivity contribution in [3.05, 3.63) is 105 Å². The molecule has 0 saturated carbocycles. The SMILES string of the molecule is COC(=O)c1cccc(Cn2cc(C=Nc3ccc(C)c([N+](=O)[O-])c3)c3ccccc32)c1. The van der Waals surface area contributed by atoms with Gasteiger partial charge in [-0.1, -0.05) is 36.4 Å². The van der Waals surface area contributed by atoms with Crippen LogP contribution in [0.25, 0.3) is 10.9 Å². The van der Waals surface area contributed by atoms with E-state index < -0.39 is 4.92 Å². The fourth-order valence-electron chi connectivity index (χ4n) is 3.64. The number of para-hydroxylation sites is 1. The Bertz CT molecular complexity index is 1350. The van der Waals surface area contributed by atoms with E-state index in [1.165, 1.54) is 13.2 Å². The van der Waals surface area contributed by atoms with Crippen LogP contribution in [0.5, 0.6) is 0 Å². The number of aromatic nitrogens is 1. The third kappa shape index (κ3) is 4.27. The lowest BCUT2D eigenvalue weighted by Crippen LogP contribution is -2.03. The minimum atomic E-state index is -0.400. The molecular formula is C25H21N3O4. The number of nitro groups is 1. The zero-order valence-corrected chi connectivity index (χ0v) is 17.7. The largest absolute Gasteiger partial charge is 0.465 e. The predicted molar refractivity (Wildman–Crippen MR) is 124 cm³/mol. The molecule has 7 heteroatoms. The van der Waals surface area contributed by atoms with Gasteiger partial charge in [-0.2, -0.15) is 0 Å². The highest BCUT2D eigenvalue weighted by molar-refractivity contribution is 6.00. The van der Waals surface area contributed by atoms with Gasteiger partial charge in [-0.25, -0.2) is 4.79 Å². The van der Waals surface area contributed by atoms with E-state index in [1.54, 1.807) is 31.3 Å². The van der Waals surface area contributed by atoms with E-state index >= 15 is 0 Å². The zero-order valence-electron chi connectivity index (χ0n) is 17.7. The van der Waals surface area contributed by atoms with Crippen LogP contribution >= 0.6 is 0 Å². The summed E-state index contributed by atoms with van der Waals surface area (Å²) < 4.78 is 6.90. The number of methoxy groups -OCH3 is 1. The fourth-order valence-corrected chi connectivity index (χ4v) is 3.64. The van der Waals surface area contributed by atoms with E-state index in [4.69, 9.17) is 4.74 Å². The van der Waals surface area contributed by atoms with Crippen molar-refractivity contribution in [3.63, 3.8) is 0 Å². The van der Waals surface area contributed by atoms with E-state index in [1.807, 2.05) is 48.7 Å². The molecule has 1 heterocycles. The summed E-state index contributed by atoms with van der Waals surface area (Å²) in [6.07, 6.45) is 3.71. The van der Waals surface area contributed by atoms with Crippen molar-refractivity contribution in [2.45, 2.75) is 13.5 Å². The van der Waals surface area contributed by atoms with Crippen molar-refractivity contribution in [1.29, 1.82) is 0 Å². The number of rotatable bonds is 6. The summed E-state index contributed by atoms with van der Waals surface area (Å²) in [5, 5.41) is 12.2. The van der Waals surface area contributed by atoms with Gasteiger partial charge in [0.05, 0.1) is 23.3 Å². The van der Waals surface area contributed by atoms with Crippen LogP contribution in [0.4, 0.5) is 11.4 Å². The first-order chi connectivity index (χ1) is 15.5. The van der Waals surface area contributed by atoms with Gasteiger partial charge in [-0.3, -0.25) is 15.1 Å². The van der Waals surface area contributed by atoms with Crippen molar-refractivity contribution in [3.8, 4) is 0 Å². The monoisotopic (exact) mass is 427 g/mol. The van der Waals surface area contributed by atoms with E-state index in [-0.39, 0.29) is 11.7 Å². The number of carbonyl (C=O) groups excluding carboxylic acids is 1. The normalized spacial score (nSPS) is 11.2. The van der Waals surface area contributed by atoms with Gasteiger partial charge < -0.3 is 9.30 Å². The summed E-state index contributed by atoms with van der Waals surface area (Å²) in [5.41, 5.74) is 4.55. The third-order valence-electron chi connectivity index (χ3n) is 5.26. The molecular weight excluding hydrogens is 406 g/mol. The summed E-state index contributed by atoms with van der Waals surface area (Å²) in [6.45, 7) is 2.27. The molecule has 3 aromatic carbocycles. The van der Waals surface area contributed by atoms with Gasteiger partial charge in [0.15, 0.2) is 0 Å². The number of hydrogen-bond donors (Lipinski definition) is 0. The second kappa shape index (κ2) is 8.85. The number of nitrogens with zero attached hydrogens (tertiary/aromatic N) is 3. The van der Waals surface area contributed by atoms with Gasteiger partial charge in [0, 0.05) is 47.1 Å². The standard InChI is InChI=1S/C25H21N3O4/c1-17-10-11-21(13-24(17)28(30)31)26-14-20-16-27(23-9-4-3-8-22(20)23)15-18-6-5-7-19(12-18)25(29)32-2/h3-14,16H,15H2,1-2H3. The van der Waals surface area contributed by atoms with Gasteiger partial charge in [0.1, 0.15) is 0 Å². The van der Waals surface area contributed by atoms with E-state index in [0.29, 0.717) is 23.4 Å². The number of aliphatic imine (C=N–C) groups is 1. The van der Waals surface area contributed by atoms with Gasteiger partial charge in [-0.05, 0) is 36.8 Å². The second-order valence-electron chi connectivity index (χ2n) is 7.41. The summed E-state index contributed by atoms with van der Waals surface area (Å²) in [7, 11) is 1.36. The molecule has 0 aliphatic carbocycles. The molecule has 0 fully saturated rings. The number of ether oxygens (including phenoxy) is 1. The Morgan fingerprint density at radius 2 is 1.94 bits per heavy atom. The van der Waals surface area contributed by atoms with Crippen molar-refractivity contribution in [2.24, 2.45) is 4.99 Å². The molecule has 0 aliphatic rings. The smallest absolute Gasteiger partial charge is 0.337 e. The number of hydrogen-bond acceptors (Lipinski definition) is 5. The van der Waals surface area contributed by atoms with Crippen LogP contribution < -0.4 is 0 Å². The number of esters is 1. The number of aryl methyl sites for hydroxylation is 1. The maximum atomic E-state index is 11.9. The highest BCUT2D eigenvalue weighted by atomic mass is 16.6. The molecule has 0 radical (unpaired) electrons. The lowest BCUT2D eigenvalue weighted by Gasteiger charge is -2.07. The molecule has 0 N–H and O–H groups in total. The topological polar surface area (TPSA) is 86.7 Å². The quantitative estimate of drug-likeness (QED) is 0.177. The molecule has 0 aliphatic heterocycles. The van der Waals surface area contributed by atoms with Crippen molar-refractivity contribution in [1.82, 2.24) is 4.57 Å². The molecule has 0 unspecified atom stereocenters. The van der Waals surface area contributed by atoms with Crippen LogP contribution in [-0.4, -0.2) is 28.8 Å². The fraction of sp³-hybridized carbons (Fsp3) is 0.120. The molecule has 0 spiro atoms. The van der Waals surface area contributed by atoms with Crippen LogP contribution in [0.15, 0.2) is 77.9 Å². The average molecular weight is 427 g/mol. The zero-order chi connectivity index (χ0) is 22.7. The summed E-state index contributed by atoms with van der Waals surface area (Å²) in [4.78, 5) is 27.1. The van der Waals surface area contributed by atoms with E-state index in [9.17, 15) is 14.9 Å². The van der Waals surface area contributed by atoms with Gasteiger partial charge in [0.25, 0.3) is 5.69 Å². The molecule has 0 amide bonds. The lowest BCUT2D eigenvalue weighted by molar-refractivity contribution is -0.385. The average Bonchev–Trinajstić information content (AvgIpc) is 3.15. The van der Waals surface area contributed by atoms with E-state index in [0.717, 1.165) is 22.0 Å². The molecule has 32 heavy (non-hydrogen) atoms. The molecule has 7 nitrogen and oxygen atoms in total. The van der Waals surface area contributed by atoms with Gasteiger partial charge >= 0.3 is 5.97 Å². The Balaban J connectivity index is 1.68. The number of nitro benzene ring substituents is 1. The first-order valence-electron chi connectivity index (χ1n) is 10.0. The molecule has 160 valence electrons. The Morgan fingerprint density at radius 3 is 2.72 bits per heavy atom. The Kier molecular flexibility index (Phi) is 5.81. The van der Waals surface area contributed by atoms with Gasteiger partial charge in [0.2, 0.25) is 0 Å². The first-order valence-corrected chi connectivity index (χ1v) is 10.0. The lowest BCUT2D eigenvalue weighted by atomic mass is 10.1. The van der Waals surface area contributed by atoms with Crippen LogP contribution in [0.3, 0.4) is 0 Å². The highest BCUT2D eigenvalue weighted by Crippen LogP contribution is 2.26. The number of carbonyl (C=O) groups is 1. The van der Waals surface area contributed by atoms with Gasteiger partial charge in [-0.15, -0.1) is 0 Å².